The zero-order valence-electron chi connectivity index (χ0n) is 15.0. The molecule has 0 radical (unpaired) electrons. The minimum atomic E-state index is -3.30. The van der Waals surface area contributed by atoms with Crippen molar-refractivity contribution < 1.29 is 27.6 Å². The molecule has 1 saturated heterocycles. The summed E-state index contributed by atoms with van der Waals surface area (Å²) in [6, 6.07) is 0. The highest BCUT2D eigenvalue weighted by molar-refractivity contribution is 7.51. The highest BCUT2D eigenvalue weighted by atomic mass is 31.2. The maximum Gasteiger partial charge on any atom is 0.408 e. The van der Waals surface area contributed by atoms with E-state index in [1.165, 1.54) is 0 Å². The maximum absolute atomic E-state index is 12.9. The summed E-state index contributed by atoms with van der Waals surface area (Å²) in [4.78, 5) is 0. The Morgan fingerprint density at radius 2 is 1.95 bits per heavy atom. The third kappa shape index (κ3) is 6.62. The van der Waals surface area contributed by atoms with E-state index in [1.807, 2.05) is 20.8 Å². The van der Waals surface area contributed by atoms with Gasteiger partial charge in [0, 0.05) is 0 Å². The van der Waals surface area contributed by atoms with E-state index < -0.39 is 13.5 Å². The van der Waals surface area contributed by atoms with Crippen LogP contribution >= 0.6 is 7.75 Å². The van der Waals surface area contributed by atoms with Gasteiger partial charge in [0.2, 0.25) is 0 Å². The first-order chi connectivity index (χ1) is 9.97. The molecule has 0 aromatic carbocycles. The van der Waals surface area contributed by atoms with Crippen molar-refractivity contribution in [3.05, 3.63) is 0 Å². The lowest BCUT2D eigenvalue weighted by Crippen LogP contribution is -2.40. The van der Waals surface area contributed by atoms with Crippen LogP contribution in [0.4, 0.5) is 0 Å². The minimum Gasteiger partial charge on any atom is -0.348 e. The monoisotopic (exact) mass is 339 g/mol. The van der Waals surface area contributed by atoms with Gasteiger partial charge in [0.1, 0.15) is 6.10 Å². The fourth-order valence-electron chi connectivity index (χ4n) is 1.99. The normalized spacial score (nSPS) is 24.6. The second kappa shape index (κ2) is 7.71. The summed E-state index contributed by atoms with van der Waals surface area (Å²) in [7, 11) is 4.73. The van der Waals surface area contributed by atoms with Gasteiger partial charge in [-0.25, -0.2) is 9.24 Å². The van der Waals surface area contributed by atoms with Crippen molar-refractivity contribution in [2.45, 2.75) is 32.7 Å². The molecule has 0 amide bonds. The number of nitrogens with zero attached hydrogens (tertiary/aromatic N) is 2. The molecular formula is C14H32N2O5P+. The Bertz CT molecular complexity index is 397. The minimum absolute atomic E-state index is 0.190. The van der Waals surface area contributed by atoms with E-state index >= 15 is 0 Å². The van der Waals surface area contributed by atoms with E-state index in [2.05, 4.69) is 21.1 Å². The number of ether oxygens (including phenoxy) is 2. The van der Waals surface area contributed by atoms with Gasteiger partial charge in [0.15, 0.2) is 5.79 Å². The summed E-state index contributed by atoms with van der Waals surface area (Å²) in [5.41, 5.74) is 0. The smallest absolute Gasteiger partial charge is 0.348 e. The van der Waals surface area contributed by atoms with Crippen molar-refractivity contribution in [2.24, 2.45) is 0 Å². The maximum atomic E-state index is 12.9. The predicted molar refractivity (Wildman–Crippen MR) is 85.6 cm³/mol. The van der Waals surface area contributed by atoms with Crippen molar-refractivity contribution >= 4 is 7.75 Å². The molecule has 1 aliphatic rings. The SMILES string of the molecule is CCOP(=O)(OCC1COC(C)(C)O1)N(C)CC[N+](C)(C)C. The molecule has 0 N–H and O–H groups in total. The van der Waals surface area contributed by atoms with Crippen molar-refractivity contribution in [1.82, 2.24) is 4.67 Å². The van der Waals surface area contributed by atoms with E-state index in [4.69, 9.17) is 18.5 Å². The lowest BCUT2D eigenvalue weighted by Gasteiger charge is -2.30. The van der Waals surface area contributed by atoms with Crippen LogP contribution in [-0.4, -0.2) is 82.1 Å². The van der Waals surface area contributed by atoms with Crippen LogP contribution in [-0.2, 0) is 23.1 Å². The van der Waals surface area contributed by atoms with Crippen LogP contribution < -0.4 is 0 Å². The molecule has 0 aliphatic carbocycles. The van der Waals surface area contributed by atoms with E-state index in [0.717, 1.165) is 11.0 Å². The fraction of sp³-hybridized carbons (Fsp3) is 1.00. The number of hydrogen-bond donors (Lipinski definition) is 0. The van der Waals surface area contributed by atoms with Crippen molar-refractivity contribution in [1.29, 1.82) is 0 Å². The predicted octanol–water partition coefficient (Wildman–Crippen LogP) is 1.94. The van der Waals surface area contributed by atoms with Gasteiger partial charge >= 0.3 is 7.75 Å². The Labute approximate surface area is 134 Å². The first-order valence-electron chi connectivity index (χ1n) is 7.70. The van der Waals surface area contributed by atoms with E-state index in [1.54, 1.807) is 11.7 Å². The highest BCUT2D eigenvalue weighted by Gasteiger charge is 2.37. The highest BCUT2D eigenvalue weighted by Crippen LogP contribution is 2.51. The van der Waals surface area contributed by atoms with Gasteiger partial charge in [-0.3, -0.25) is 9.05 Å². The van der Waals surface area contributed by atoms with Gasteiger partial charge in [-0.15, -0.1) is 0 Å². The van der Waals surface area contributed by atoms with Crippen LogP contribution in [0.2, 0.25) is 0 Å². The van der Waals surface area contributed by atoms with Crippen LogP contribution in [0, 0.1) is 0 Å². The first kappa shape index (κ1) is 20.0. The zero-order chi connectivity index (χ0) is 17.0. The summed E-state index contributed by atoms with van der Waals surface area (Å²) in [6.07, 6.45) is -0.226. The molecule has 0 spiro atoms. The zero-order valence-corrected chi connectivity index (χ0v) is 15.9. The molecule has 7 nitrogen and oxygen atoms in total. The molecule has 132 valence electrons. The number of quaternary nitrogens is 1. The Hall–Kier alpha value is -0.0100. The Morgan fingerprint density at radius 1 is 1.32 bits per heavy atom. The molecule has 22 heavy (non-hydrogen) atoms. The van der Waals surface area contributed by atoms with Crippen molar-refractivity contribution in [3.63, 3.8) is 0 Å². The summed E-state index contributed by atoms with van der Waals surface area (Å²) in [5, 5.41) is 0. The molecule has 0 bridgehead atoms. The molecule has 0 aromatic rings. The first-order valence-corrected chi connectivity index (χ1v) is 9.20. The summed E-state index contributed by atoms with van der Waals surface area (Å²) in [5.74, 6) is -0.612. The van der Waals surface area contributed by atoms with Crippen molar-refractivity contribution in [2.75, 3.05) is 61.1 Å². The molecule has 2 atom stereocenters. The Balaban J connectivity index is 2.56. The molecule has 1 heterocycles. The lowest BCUT2D eigenvalue weighted by molar-refractivity contribution is -0.869. The average Bonchev–Trinajstić information content (AvgIpc) is 2.73. The lowest BCUT2D eigenvalue weighted by atomic mass is 10.4. The third-order valence-electron chi connectivity index (χ3n) is 3.30. The number of rotatable bonds is 9. The average molecular weight is 339 g/mol. The Kier molecular flexibility index (Phi) is 7.02. The molecule has 1 aliphatic heterocycles. The second-order valence-electron chi connectivity index (χ2n) is 7.03. The van der Waals surface area contributed by atoms with Gasteiger partial charge in [-0.1, -0.05) is 0 Å². The van der Waals surface area contributed by atoms with Crippen LogP contribution in [0.15, 0.2) is 0 Å². The summed E-state index contributed by atoms with van der Waals surface area (Å²) < 4.78 is 37.6. The molecule has 8 heteroatoms. The van der Waals surface area contributed by atoms with Gasteiger partial charge < -0.3 is 14.0 Å². The molecule has 2 unspecified atom stereocenters. The van der Waals surface area contributed by atoms with Gasteiger partial charge in [0.25, 0.3) is 0 Å². The van der Waals surface area contributed by atoms with Gasteiger partial charge in [-0.2, -0.15) is 0 Å². The van der Waals surface area contributed by atoms with Gasteiger partial charge in [-0.05, 0) is 27.8 Å². The molecule has 0 aromatic heterocycles. The van der Waals surface area contributed by atoms with Crippen molar-refractivity contribution in [3.8, 4) is 0 Å². The summed E-state index contributed by atoms with van der Waals surface area (Å²) >= 11 is 0. The molecule has 1 fully saturated rings. The number of hydrogen-bond acceptors (Lipinski definition) is 5. The van der Waals surface area contributed by atoms with Crippen LogP contribution in [0.1, 0.15) is 20.8 Å². The largest absolute Gasteiger partial charge is 0.408 e. The second-order valence-corrected chi connectivity index (χ2v) is 9.16. The Morgan fingerprint density at radius 3 is 2.41 bits per heavy atom. The molecular weight excluding hydrogens is 307 g/mol. The van der Waals surface area contributed by atoms with Crippen LogP contribution in [0.5, 0.6) is 0 Å². The van der Waals surface area contributed by atoms with E-state index in [-0.39, 0.29) is 12.7 Å². The summed E-state index contributed by atoms with van der Waals surface area (Å²) in [6.45, 7) is 7.92. The standard InChI is InChI=1S/C14H32N2O5P/c1-8-19-22(17,15(4)9-10-16(5,6)7)20-12-13-11-18-14(2,3)21-13/h13H,8-12H2,1-7H3/q+1. The quantitative estimate of drug-likeness (QED) is 0.473. The van der Waals surface area contributed by atoms with E-state index in [9.17, 15) is 4.57 Å². The van der Waals surface area contributed by atoms with Crippen LogP contribution in [0.3, 0.4) is 0 Å². The van der Waals surface area contributed by atoms with Crippen LogP contribution in [0.25, 0.3) is 0 Å². The topological polar surface area (TPSA) is 57.2 Å². The third-order valence-corrected chi connectivity index (χ3v) is 5.39. The number of likely N-dealkylation sites (N-methyl/N-ethyl adjacent to an activating group) is 2. The van der Waals surface area contributed by atoms with E-state index in [0.29, 0.717) is 19.8 Å². The molecule has 0 saturated carbocycles. The van der Waals surface area contributed by atoms with Gasteiger partial charge in [0.05, 0.1) is 54.1 Å². The fourth-order valence-corrected chi connectivity index (χ4v) is 3.47. The molecule has 1 rings (SSSR count).